The summed E-state index contributed by atoms with van der Waals surface area (Å²) in [6.07, 6.45) is 0. The molecule has 4 nitrogen and oxygen atoms in total. The summed E-state index contributed by atoms with van der Waals surface area (Å²) in [5.41, 5.74) is 1.31. The van der Waals surface area contributed by atoms with Crippen LogP contribution >= 0.6 is 0 Å². The maximum Gasteiger partial charge on any atom is 0.118 e. The zero-order valence-corrected chi connectivity index (χ0v) is 12.1. The molecule has 106 valence electrons. The van der Waals surface area contributed by atoms with Crippen LogP contribution in [0.3, 0.4) is 0 Å². The first kappa shape index (κ1) is 14.3. The van der Waals surface area contributed by atoms with Gasteiger partial charge in [-0.1, -0.05) is 12.1 Å². The molecule has 2 atom stereocenters. The van der Waals surface area contributed by atoms with Crippen molar-refractivity contribution in [3.63, 3.8) is 0 Å². The molecule has 1 aromatic rings. The highest BCUT2D eigenvalue weighted by Crippen LogP contribution is 2.17. The molecular formula is C15H24N2O2. The molecule has 1 heterocycles. The molecule has 0 saturated carbocycles. The summed E-state index contributed by atoms with van der Waals surface area (Å²) >= 11 is 0. The Bertz CT molecular complexity index is 380. The third-order valence-electron chi connectivity index (χ3n) is 3.73. The molecule has 1 saturated heterocycles. The number of rotatable bonds is 6. The molecule has 1 N–H and O–H groups in total. The average molecular weight is 264 g/mol. The Morgan fingerprint density at radius 1 is 1.32 bits per heavy atom. The molecule has 0 aromatic heterocycles. The van der Waals surface area contributed by atoms with Crippen molar-refractivity contribution >= 4 is 0 Å². The molecule has 0 amide bonds. The van der Waals surface area contributed by atoms with E-state index in [2.05, 4.69) is 29.4 Å². The number of ether oxygens (including phenoxy) is 2. The Morgan fingerprint density at radius 2 is 2.05 bits per heavy atom. The van der Waals surface area contributed by atoms with Crippen LogP contribution in [0.1, 0.15) is 5.56 Å². The molecule has 0 radical (unpaired) electrons. The number of hydrogen-bond donors (Lipinski definition) is 1. The largest absolute Gasteiger partial charge is 0.497 e. The summed E-state index contributed by atoms with van der Waals surface area (Å²) in [5, 5.41) is 3.33. The van der Waals surface area contributed by atoms with E-state index >= 15 is 0 Å². The second-order valence-electron chi connectivity index (χ2n) is 5.24. The fourth-order valence-corrected chi connectivity index (χ4v) is 2.61. The molecule has 2 unspecified atom stereocenters. The zero-order chi connectivity index (χ0) is 13.7. The summed E-state index contributed by atoms with van der Waals surface area (Å²) in [7, 11) is 5.87. The lowest BCUT2D eigenvalue weighted by molar-refractivity contribution is 0.172. The Morgan fingerprint density at radius 3 is 2.68 bits per heavy atom. The molecule has 1 aromatic carbocycles. The van der Waals surface area contributed by atoms with E-state index in [-0.39, 0.29) is 0 Å². The second-order valence-corrected chi connectivity index (χ2v) is 5.24. The average Bonchev–Trinajstić information content (AvgIpc) is 2.86. The quantitative estimate of drug-likeness (QED) is 0.841. The Balaban J connectivity index is 1.84. The van der Waals surface area contributed by atoms with E-state index in [0.717, 1.165) is 32.1 Å². The molecular weight excluding hydrogens is 240 g/mol. The van der Waals surface area contributed by atoms with Gasteiger partial charge in [0.1, 0.15) is 5.75 Å². The van der Waals surface area contributed by atoms with Gasteiger partial charge in [0.05, 0.1) is 20.3 Å². The van der Waals surface area contributed by atoms with Crippen molar-refractivity contribution in [2.75, 3.05) is 41.0 Å². The molecule has 0 aliphatic carbocycles. The number of hydrogen-bond acceptors (Lipinski definition) is 4. The van der Waals surface area contributed by atoms with Crippen LogP contribution in [0, 0.1) is 5.92 Å². The smallest absolute Gasteiger partial charge is 0.118 e. The van der Waals surface area contributed by atoms with Crippen molar-refractivity contribution in [3.8, 4) is 5.75 Å². The highest BCUT2D eigenvalue weighted by Gasteiger charge is 2.27. The van der Waals surface area contributed by atoms with Crippen molar-refractivity contribution < 1.29 is 9.47 Å². The normalized spacial score (nSPS) is 22.9. The van der Waals surface area contributed by atoms with E-state index in [1.807, 2.05) is 19.2 Å². The minimum Gasteiger partial charge on any atom is -0.497 e. The van der Waals surface area contributed by atoms with Crippen LogP contribution in [0.15, 0.2) is 24.3 Å². The van der Waals surface area contributed by atoms with Crippen LogP contribution in [0.2, 0.25) is 0 Å². The highest BCUT2D eigenvalue weighted by molar-refractivity contribution is 5.27. The summed E-state index contributed by atoms with van der Waals surface area (Å²) in [4.78, 5) is 2.35. The molecule has 1 aliphatic heterocycles. The lowest BCUT2D eigenvalue weighted by Crippen LogP contribution is -2.38. The molecule has 1 fully saturated rings. The third-order valence-corrected chi connectivity index (χ3v) is 3.73. The number of methoxy groups -OCH3 is 1. The molecule has 1 aliphatic rings. The van der Waals surface area contributed by atoms with Gasteiger partial charge < -0.3 is 19.7 Å². The van der Waals surface area contributed by atoms with Gasteiger partial charge in [0, 0.05) is 25.0 Å². The van der Waals surface area contributed by atoms with E-state index in [1.54, 1.807) is 7.11 Å². The van der Waals surface area contributed by atoms with E-state index in [1.165, 1.54) is 5.56 Å². The van der Waals surface area contributed by atoms with Crippen molar-refractivity contribution in [3.05, 3.63) is 29.8 Å². The van der Waals surface area contributed by atoms with Gasteiger partial charge in [0.25, 0.3) is 0 Å². The number of likely N-dealkylation sites (N-methyl/N-ethyl adjacent to an activating group) is 1. The SMILES string of the molecule is CNC1COCC1CN(C)Cc1ccc(OC)cc1. The molecule has 2 rings (SSSR count). The van der Waals surface area contributed by atoms with Crippen molar-refractivity contribution in [2.45, 2.75) is 12.6 Å². The molecule has 0 bridgehead atoms. The van der Waals surface area contributed by atoms with Crippen LogP contribution in [0.25, 0.3) is 0 Å². The monoisotopic (exact) mass is 264 g/mol. The van der Waals surface area contributed by atoms with E-state index in [4.69, 9.17) is 9.47 Å². The second kappa shape index (κ2) is 6.89. The maximum atomic E-state index is 5.54. The van der Waals surface area contributed by atoms with Gasteiger partial charge in [-0.25, -0.2) is 0 Å². The van der Waals surface area contributed by atoms with Crippen molar-refractivity contribution in [2.24, 2.45) is 5.92 Å². The van der Waals surface area contributed by atoms with E-state index in [0.29, 0.717) is 12.0 Å². The predicted molar refractivity (Wildman–Crippen MR) is 76.5 cm³/mol. The van der Waals surface area contributed by atoms with Crippen LogP contribution in [-0.2, 0) is 11.3 Å². The number of nitrogens with one attached hydrogen (secondary N) is 1. The fraction of sp³-hybridized carbons (Fsp3) is 0.600. The lowest BCUT2D eigenvalue weighted by atomic mass is 10.0. The number of benzene rings is 1. The summed E-state index contributed by atoms with van der Waals surface area (Å²) in [5.74, 6) is 1.49. The topological polar surface area (TPSA) is 33.7 Å². The van der Waals surface area contributed by atoms with Gasteiger partial charge >= 0.3 is 0 Å². The van der Waals surface area contributed by atoms with E-state index in [9.17, 15) is 0 Å². The Hall–Kier alpha value is -1.10. The maximum absolute atomic E-state index is 5.54. The first-order valence-corrected chi connectivity index (χ1v) is 6.79. The minimum atomic E-state index is 0.485. The summed E-state index contributed by atoms with van der Waals surface area (Å²) < 4.78 is 10.7. The van der Waals surface area contributed by atoms with Crippen molar-refractivity contribution in [1.29, 1.82) is 0 Å². The van der Waals surface area contributed by atoms with Crippen LogP contribution in [-0.4, -0.2) is 51.9 Å². The lowest BCUT2D eigenvalue weighted by Gasteiger charge is -2.24. The molecule has 19 heavy (non-hydrogen) atoms. The summed E-state index contributed by atoms with van der Waals surface area (Å²) in [6, 6.07) is 8.75. The molecule has 4 heteroatoms. The zero-order valence-electron chi connectivity index (χ0n) is 12.1. The fourth-order valence-electron chi connectivity index (χ4n) is 2.61. The van der Waals surface area contributed by atoms with Gasteiger partial charge in [0.2, 0.25) is 0 Å². The van der Waals surface area contributed by atoms with Crippen LogP contribution in [0.4, 0.5) is 0 Å². The standard InChI is InChI=1S/C15H24N2O2/c1-16-15-11-19-10-13(15)9-17(2)8-12-4-6-14(18-3)7-5-12/h4-7,13,15-16H,8-11H2,1-3H3. The Kier molecular flexibility index (Phi) is 5.19. The summed E-state index contributed by atoms with van der Waals surface area (Å²) in [6.45, 7) is 3.70. The molecule has 0 spiro atoms. The van der Waals surface area contributed by atoms with Gasteiger partial charge in [-0.3, -0.25) is 0 Å². The minimum absolute atomic E-state index is 0.485. The predicted octanol–water partition coefficient (Wildman–Crippen LogP) is 1.36. The van der Waals surface area contributed by atoms with Crippen LogP contribution in [0.5, 0.6) is 5.75 Å². The van der Waals surface area contributed by atoms with E-state index < -0.39 is 0 Å². The third kappa shape index (κ3) is 3.93. The Labute approximate surface area is 115 Å². The first-order valence-electron chi connectivity index (χ1n) is 6.79. The first-order chi connectivity index (χ1) is 9.22. The highest BCUT2D eigenvalue weighted by atomic mass is 16.5. The van der Waals surface area contributed by atoms with Crippen molar-refractivity contribution in [1.82, 2.24) is 10.2 Å². The van der Waals surface area contributed by atoms with Gasteiger partial charge in [-0.2, -0.15) is 0 Å². The van der Waals surface area contributed by atoms with Gasteiger partial charge in [0.15, 0.2) is 0 Å². The van der Waals surface area contributed by atoms with Gasteiger partial charge in [-0.05, 0) is 31.8 Å². The number of nitrogens with zero attached hydrogens (tertiary/aromatic N) is 1. The van der Waals surface area contributed by atoms with Gasteiger partial charge in [-0.15, -0.1) is 0 Å². The van der Waals surface area contributed by atoms with Crippen LogP contribution < -0.4 is 10.1 Å².